The van der Waals surface area contributed by atoms with E-state index in [2.05, 4.69) is 15.4 Å². The van der Waals surface area contributed by atoms with Gasteiger partial charge >= 0.3 is 5.97 Å². The van der Waals surface area contributed by atoms with Crippen LogP contribution in [0, 0.1) is 11.3 Å². The maximum atomic E-state index is 12.0. The van der Waals surface area contributed by atoms with E-state index >= 15 is 0 Å². The molecule has 0 atom stereocenters. The highest BCUT2D eigenvalue weighted by molar-refractivity contribution is 8.03. The Labute approximate surface area is 126 Å². The number of rotatable bonds is 4. The first kappa shape index (κ1) is 14.9. The van der Waals surface area contributed by atoms with Crippen LogP contribution in [0.4, 0.5) is 5.69 Å². The van der Waals surface area contributed by atoms with Gasteiger partial charge in [-0.3, -0.25) is 9.59 Å². The van der Waals surface area contributed by atoms with Gasteiger partial charge in [0.2, 0.25) is 0 Å². The minimum Gasteiger partial charge on any atom is -0.469 e. The molecule has 0 aromatic heterocycles. The van der Waals surface area contributed by atoms with Gasteiger partial charge < -0.3 is 15.4 Å². The number of benzene rings is 1. The van der Waals surface area contributed by atoms with Gasteiger partial charge in [0, 0.05) is 5.75 Å². The number of hydrogen-bond donors (Lipinski definition) is 2. The molecular formula is C14H13N3O3S. The zero-order valence-corrected chi connectivity index (χ0v) is 12.1. The monoisotopic (exact) mass is 303 g/mol. The van der Waals surface area contributed by atoms with E-state index in [1.54, 1.807) is 24.3 Å². The van der Waals surface area contributed by atoms with Crippen LogP contribution in [0.25, 0.3) is 0 Å². The number of thioether (sulfide) groups is 1. The predicted octanol–water partition coefficient (Wildman–Crippen LogP) is 1.83. The van der Waals surface area contributed by atoms with Crippen molar-refractivity contribution in [2.45, 2.75) is 6.42 Å². The Balaban J connectivity index is 2.13. The lowest BCUT2D eigenvalue weighted by atomic mass is 10.1. The number of carbonyl (C=O) groups is 2. The summed E-state index contributed by atoms with van der Waals surface area (Å²) in [6.45, 7) is 0. The van der Waals surface area contributed by atoms with Gasteiger partial charge in [-0.25, -0.2) is 0 Å². The summed E-state index contributed by atoms with van der Waals surface area (Å²) in [5, 5.41) is 14.9. The zero-order valence-electron chi connectivity index (χ0n) is 11.3. The number of nitrogens with one attached hydrogen (secondary N) is 2. The van der Waals surface area contributed by atoms with Crippen molar-refractivity contribution in [2.24, 2.45) is 0 Å². The molecule has 0 saturated carbocycles. The second-order valence-corrected chi connectivity index (χ2v) is 5.22. The van der Waals surface area contributed by atoms with Crippen LogP contribution in [-0.4, -0.2) is 24.7 Å². The average molecular weight is 303 g/mol. The number of nitriles is 1. The largest absolute Gasteiger partial charge is 0.469 e. The number of carbonyl (C=O) groups excluding carboxylic acids is 2. The van der Waals surface area contributed by atoms with Crippen LogP contribution in [0.3, 0.4) is 0 Å². The van der Waals surface area contributed by atoms with E-state index in [1.165, 1.54) is 18.9 Å². The molecule has 6 nitrogen and oxygen atoms in total. The fraction of sp³-hybridized carbons (Fsp3) is 0.214. The summed E-state index contributed by atoms with van der Waals surface area (Å²) < 4.78 is 4.54. The minimum atomic E-state index is -0.337. The van der Waals surface area contributed by atoms with E-state index < -0.39 is 0 Å². The third-order valence-corrected chi connectivity index (χ3v) is 3.77. The molecule has 0 fully saturated rings. The van der Waals surface area contributed by atoms with Crippen molar-refractivity contribution < 1.29 is 14.3 Å². The van der Waals surface area contributed by atoms with Gasteiger partial charge in [0.05, 0.1) is 24.8 Å². The van der Waals surface area contributed by atoms with Gasteiger partial charge in [-0.1, -0.05) is 12.1 Å². The number of esters is 1. The van der Waals surface area contributed by atoms with E-state index in [-0.39, 0.29) is 18.3 Å². The molecule has 1 aromatic carbocycles. The molecule has 21 heavy (non-hydrogen) atoms. The molecule has 0 radical (unpaired) electrons. The van der Waals surface area contributed by atoms with Gasteiger partial charge in [-0.15, -0.1) is 11.8 Å². The third kappa shape index (κ3) is 3.55. The number of allylic oxidation sites excluding steroid dienone is 1. The molecule has 1 aromatic rings. The number of fused-ring (bicyclic) bond motifs is 1. The summed E-state index contributed by atoms with van der Waals surface area (Å²) >= 11 is 1.19. The van der Waals surface area contributed by atoms with E-state index in [4.69, 9.17) is 0 Å². The van der Waals surface area contributed by atoms with Crippen LogP contribution < -0.4 is 10.6 Å². The third-order valence-electron chi connectivity index (χ3n) is 2.78. The van der Waals surface area contributed by atoms with E-state index in [1.807, 2.05) is 6.07 Å². The molecule has 108 valence electrons. The van der Waals surface area contributed by atoms with Crippen LogP contribution in [-0.2, 0) is 9.53 Å². The number of hydrogen-bond acceptors (Lipinski definition) is 6. The fourth-order valence-electron chi connectivity index (χ4n) is 1.75. The number of para-hydroxylation sites is 1. The summed E-state index contributed by atoms with van der Waals surface area (Å²) in [6.07, 6.45) is 0.199. The van der Waals surface area contributed by atoms with Crippen molar-refractivity contribution in [1.29, 1.82) is 5.26 Å². The minimum absolute atomic E-state index is 0.199. The molecule has 0 bridgehead atoms. The molecule has 0 spiro atoms. The van der Waals surface area contributed by atoms with Gasteiger partial charge in [0.15, 0.2) is 0 Å². The van der Waals surface area contributed by atoms with Crippen molar-refractivity contribution in [3.8, 4) is 6.07 Å². The highest BCUT2D eigenvalue weighted by atomic mass is 32.2. The lowest BCUT2D eigenvalue weighted by Crippen LogP contribution is -2.33. The Morgan fingerprint density at radius 3 is 2.86 bits per heavy atom. The first-order chi connectivity index (χ1) is 10.2. The lowest BCUT2D eigenvalue weighted by molar-refractivity contribution is -0.140. The van der Waals surface area contributed by atoms with Gasteiger partial charge in [-0.05, 0) is 12.1 Å². The topological polar surface area (TPSA) is 91.2 Å². The average Bonchev–Trinajstić information content (AvgIpc) is 2.51. The van der Waals surface area contributed by atoms with Crippen molar-refractivity contribution in [2.75, 3.05) is 18.2 Å². The van der Waals surface area contributed by atoms with E-state index in [0.29, 0.717) is 27.7 Å². The quantitative estimate of drug-likeness (QED) is 0.651. The first-order valence-corrected chi connectivity index (χ1v) is 7.15. The molecule has 2 rings (SSSR count). The van der Waals surface area contributed by atoms with Gasteiger partial charge in [0.25, 0.3) is 5.91 Å². The summed E-state index contributed by atoms with van der Waals surface area (Å²) in [5.41, 5.74) is 1.18. The lowest BCUT2D eigenvalue weighted by Gasteiger charge is -2.22. The second kappa shape index (κ2) is 6.81. The molecule has 2 N–H and O–H groups in total. The van der Waals surface area contributed by atoms with Crippen LogP contribution in [0.1, 0.15) is 16.8 Å². The summed E-state index contributed by atoms with van der Waals surface area (Å²) in [5.74, 6) is 0.144. The second-order valence-electron chi connectivity index (χ2n) is 4.12. The smallest absolute Gasteiger partial charge is 0.306 e. The summed E-state index contributed by atoms with van der Waals surface area (Å²) in [7, 11) is 1.32. The van der Waals surface area contributed by atoms with Crippen LogP contribution in [0.2, 0.25) is 0 Å². The van der Waals surface area contributed by atoms with Gasteiger partial charge in [0.1, 0.15) is 16.8 Å². The Morgan fingerprint density at radius 1 is 1.38 bits per heavy atom. The summed E-state index contributed by atoms with van der Waals surface area (Å²) in [6, 6.07) is 9.07. The first-order valence-electron chi connectivity index (χ1n) is 6.17. The van der Waals surface area contributed by atoms with E-state index in [9.17, 15) is 14.9 Å². The fourth-order valence-corrected chi connectivity index (χ4v) is 2.53. The van der Waals surface area contributed by atoms with Gasteiger partial charge in [-0.2, -0.15) is 5.26 Å². The van der Waals surface area contributed by atoms with Crippen LogP contribution in [0.15, 0.2) is 35.0 Å². The highest BCUT2D eigenvalue weighted by Crippen LogP contribution is 2.26. The number of nitrogens with zero attached hydrogens (tertiary/aromatic N) is 1. The Hall–Kier alpha value is -2.46. The SMILES string of the molecule is COC(=O)CCS/C(C#N)=C1\NC(=O)c2ccccc2N1. The number of anilines is 1. The molecule has 1 aliphatic heterocycles. The molecule has 0 aliphatic carbocycles. The van der Waals surface area contributed by atoms with Crippen molar-refractivity contribution >= 4 is 29.3 Å². The maximum Gasteiger partial charge on any atom is 0.306 e. The zero-order chi connectivity index (χ0) is 15.2. The Morgan fingerprint density at radius 2 is 2.14 bits per heavy atom. The predicted molar refractivity (Wildman–Crippen MR) is 79.3 cm³/mol. The molecule has 0 unspecified atom stereocenters. The number of ether oxygens (including phenoxy) is 1. The molecule has 1 aliphatic rings. The van der Waals surface area contributed by atoms with Crippen LogP contribution in [0.5, 0.6) is 0 Å². The molecule has 1 amide bonds. The molecule has 0 saturated heterocycles. The van der Waals surface area contributed by atoms with E-state index in [0.717, 1.165) is 0 Å². The summed E-state index contributed by atoms with van der Waals surface area (Å²) in [4.78, 5) is 23.3. The number of methoxy groups -OCH3 is 1. The molecular weight excluding hydrogens is 290 g/mol. The molecule has 1 heterocycles. The normalized spacial score (nSPS) is 15.1. The van der Waals surface area contributed by atoms with Crippen molar-refractivity contribution in [1.82, 2.24) is 5.32 Å². The standard InChI is InChI=1S/C14H13N3O3S/c1-20-12(18)6-7-21-11(8-15)13-16-10-5-3-2-4-9(10)14(19)17-13/h2-5,16H,6-7H2,1H3,(H,17,19)/b13-11-. The van der Waals surface area contributed by atoms with Crippen LogP contribution >= 0.6 is 11.8 Å². The van der Waals surface area contributed by atoms with Crippen molar-refractivity contribution in [3.05, 3.63) is 40.6 Å². The molecule has 7 heteroatoms. The Kier molecular flexibility index (Phi) is 4.85. The Bertz CT molecular complexity index is 649. The highest BCUT2D eigenvalue weighted by Gasteiger charge is 2.21. The number of amides is 1. The maximum absolute atomic E-state index is 12.0. The van der Waals surface area contributed by atoms with Crippen molar-refractivity contribution in [3.63, 3.8) is 0 Å².